The molecule has 1 heterocycles. The number of nitrogens with zero attached hydrogens (tertiary/aromatic N) is 3. The van der Waals surface area contributed by atoms with Crippen molar-refractivity contribution in [1.29, 1.82) is 0 Å². The molecule has 0 aliphatic heterocycles. The van der Waals surface area contributed by atoms with Gasteiger partial charge >= 0.3 is 12.0 Å². The van der Waals surface area contributed by atoms with Crippen molar-refractivity contribution >= 4 is 17.9 Å². The number of hydrogen-bond donors (Lipinski definition) is 3. The molecule has 0 saturated heterocycles. The Labute approximate surface area is 122 Å². The van der Waals surface area contributed by atoms with E-state index in [0.29, 0.717) is 37.1 Å². The Hall–Kier alpha value is -2.25. The molecule has 3 N–H and O–H groups in total. The summed E-state index contributed by atoms with van der Waals surface area (Å²) in [5, 5.41) is 22.0. The first kappa shape index (κ1) is 15.1. The lowest BCUT2D eigenvalue weighted by molar-refractivity contribution is -0.142. The molecule has 1 saturated carbocycles. The number of amides is 2. The van der Waals surface area contributed by atoms with E-state index in [0.717, 1.165) is 0 Å². The van der Waals surface area contributed by atoms with Gasteiger partial charge < -0.3 is 10.4 Å². The number of hydrogen-bond acceptors (Lipinski definition) is 5. The van der Waals surface area contributed by atoms with Gasteiger partial charge in [0.2, 0.25) is 0 Å². The first-order valence-electron chi connectivity index (χ1n) is 6.94. The molecule has 0 aromatic carbocycles. The van der Waals surface area contributed by atoms with E-state index in [1.165, 1.54) is 0 Å². The molecule has 1 aromatic rings. The van der Waals surface area contributed by atoms with Crippen LogP contribution < -0.4 is 10.6 Å². The molecule has 21 heavy (non-hydrogen) atoms. The van der Waals surface area contributed by atoms with E-state index >= 15 is 0 Å². The van der Waals surface area contributed by atoms with E-state index in [2.05, 4.69) is 25.8 Å². The predicted molar refractivity (Wildman–Crippen MR) is 74.8 cm³/mol. The Morgan fingerprint density at radius 2 is 1.76 bits per heavy atom. The van der Waals surface area contributed by atoms with Gasteiger partial charge in [-0.05, 0) is 39.5 Å². The predicted octanol–water partition coefficient (Wildman–Crippen LogP) is 1.25. The van der Waals surface area contributed by atoms with E-state index in [9.17, 15) is 9.59 Å². The maximum atomic E-state index is 11.8. The summed E-state index contributed by atoms with van der Waals surface area (Å²) in [6.45, 7) is 3.58. The number of carboxylic acids is 1. The highest BCUT2D eigenvalue weighted by atomic mass is 16.4. The van der Waals surface area contributed by atoms with Crippen molar-refractivity contribution in [3.63, 3.8) is 0 Å². The molecule has 2 rings (SSSR count). The van der Waals surface area contributed by atoms with Gasteiger partial charge in [0, 0.05) is 6.04 Å². The molecule has 0 unspecified atom stereocenters. The van der Waals surface area contributed by atoms with Crippen molar-refractivity contribution in [2.75, 3.05) is 5.32 Å². The summed E-state index contributed by atoms with van der Waals surface area (Å²) in [4.78, 5) is 26.8. The molecule has 0 spiro atoms. The number of aryl methyl sites for hydroxylation is 2. The van der Waals surface area contributed by atoms with Gasteiger partial charge in [-0.3, -0.25) is 10.1 Å². The average Bonchev–Trinajstić information content (AvgIpc) is 2.43. The third-order valence-corrected chi connectivity index (χ3v) is 3.73. The molecule has 0 bridgehead atoms. The van der Waals surface area contributed by atoms with Crippen LogP contribution in [0.5, 0.6) is 0 Å². The first-order chi connectivity index (χ1) is 9.95. The van der Waals surface area contributed by atoms with Crippen LogP contribution in [0.15, 0.2) is 0 Å². The Morgan fingerprint density at radius 3 is 2.33 bits per heavy atom. The summed E-state index contributed by atoms with van der Waals surface area (Å²) >= 11 is 0. The van der Waals surface area contributed by atoms with Crippen LogP contribution in [0.4, 0.5) is 10.7 Å². The second-order valence-corrected chi connectivity index (χ2v) is 5.29. The van der Waals surface area contributed by atoms with Crippen molar-refractivity contribution in [3.05, 3.63) is 11.4 Å². The van der Waals surface area contributed by atoms with E-state index in [4.69, 9.17) is 5.11 Å². The first-order valence-corrected chi connectivity index (χ1v) is 6.94. The van der Waals surface area contributed by atoms with Gasteiger partial charge in [-0.2, -0.15) is 5.10 Å². The minimum absolute atomic E-state index is 0.0138. The molecule has 1 aliphatic carbocycles. The Morgan fingerprint density at radius 1 is 1.10 bits per heavy atom. The molecule has 8 nitrogen and oxygen atoms in total. The minimum atomic E-state index is -0.757. The van der Waals surface area contributed by atoms with Crippen LogP contribution >= 0.6 is 0 Å². The van der Waals surface area contributed by atoms with Gasteiger partial charge in [-0.1, -0.05) is 0 Å². The minimum Gasteiger partial charge on any atom is -0.481 e. The van der Waals surface area contributed by atoms with Gasteiger partial charge in [0.05, 0.1) is 17.3 Å². The maximum Gasteiger partial charge on any atom is 0.321 e. The molecular weight excluding hydrogens is 274 g/mol. The lowest BCUT2D eigenvalue weighted by Gasteiger charge is -2.26. The number of rotatable bonds is 3. The Bertz CT molecular complexity index is 541. The summed E-state index contributed by atoms with van der Waals surface area (Å²) in [7, 11) is 0. The largest absolute Gasteiger partial charge is 0.481 e. The van der Waals surface area contributed by atoms with Crippen molar-refractivity contribution in [1.82, 2.24) is 20.5 Å². The molecule has 1 aliphatic rings. The maximum absolute atomic E-state index is 11.8. The van der Waals surface area contributed by atoms with E-state index < -0.39 is 5.97 Å². The highest BCUT2D eigenvalue weighted by Gasteiger charge is 2.26. The lowest BCUT2D eigenvalue weighted by Crippen LogP contribution is -2.41. The van der Waals surface area contributed by atoms with E-state index in [1.807, 2.05) is 0 Å². The number of carboxylic acid groups (broad SMARTS) is 1. The third-order valence-electron chi connectivity index (χ3n) is 3.73. The molecule has 2 amide bonds. The van der Waals surface area contributed by atoms with Crippen molar-refractivity contribution in [2.45, 2.75) is 45.6 Å². The standard InChI is InChI=1S/C13H19N5O3/c1-7-8(2)17-18-12(14-7)16-13(21)15-10-5-3-9(4-6-10)11(19)20/h9-10H,3-6H2,1-2H3,(H,19,20)(H2,14,15,16,18,21). The van der Waals surface area contributed by atoms with Gasteiger partial charge in [-0.25, -0.2) is 9.78 Å². The van der Waals surface area contributed by atoms with Crippen LogP contribution in [-0.4, -0.2) is 38.3 Å². The van der Waals surface area contributed by atoms with Crippen LogP contribution in [-0.2, 0) is 4.79 Å². The molecule has 0 radical (unpaired) electrons. The third kappa shape index (κ3) is 4.11. The SMILES string of the molecule is Cc1nnc(NC(=O)NC2CCC(C(=O)O)CC2)nc1C. The molecule has 114 valence electrons. The number of nitrogens with one attached hydrogen (secondary N) is 2. The highest BCUT2D eigenvalue weighted by molar-refractivity contribution is 5.87. The van der Waals surface area contributed by atoms with Crippen molar-refractivity contribution in [3.8, 4) is 0 Å². The number of urea groups is 1. The van der Waals surface area contributed by atoms with Crippen LogP contribution in [0, 0.1) is 19.8 Å². The quantitative estimate of drug-likeness (QED) is 0.772. The summed E-state index contributed by atoms with van der Waals surface area (Å²) < 4.78 is 0. The summed E-state index contributed by atoms with van der Waals surface area (Å²) in [5.41, 5.74) is 1.43. The highest BCUT2D eigenvalue weighted by Crippen LogP contribution is 2.24. The normalized spacial score (nSPS) is 21.6. The second-order valence-electron chi connectivity index (χ2n) is 5.29. The summed E-state index contributed by atoms with van der Waals surface area (Å²) in [5.74, 6) is -0.888. The topological polar surface area (TPSA) is 117 Å². The zero-order valence-corrected chi connectivity index (χ0v) is 12.1. The zero-order valence-electron chi connectivity index (χ0n) is 12.1. The monoisotopic (exact) mass is 293 g/mol. The zero-order chi connectivity index (χ0) is 15.4. The fourth-order valence-electron chi connectivity index (χ4n) is 2.32. The molecule has 1 fully saturated rings. The van der Waals surface area contributed by atoms with E-state index in [1.54, 1.807) is 13.8 Å². The molecule has 8 heteroatoms. The fraction of sp³-hybridized carbons (Fsp3) is 0.615. The molecule has 1 aromatic heterocycles. The van der Waals surface area contributed by atoms with Gasteiger partial charge in [0.15, 0.2) is 0 Å². The number of aromatic nitrogens is 3. The van der Waals surface area contributed by atoms with Gasteiger partial charge in [0.25, 0.3) is 5.95 Å². The average molecular weight is 293 g/mol. The Kier molecular flexibility index (Phi) is 4.66. The van der Waals surface area contributed by atoms with Crippen LogP contribution in [0.1, 0.15) is 37.1 Å². The van der Waals surface area contributed by atoms with Gasteiger partial charge in [0.1, 0.15) is 0 Å². The second kappa shape index (κ2) is 6.47. The van der Waals surface area contributed by atoms with Gasteiger partial charge in [-0.15, -0.1) is 5.10 Å². The summed E-state index contributed by atoms with van der Waals surface area (Å²) in [6, 6.07) is -0.404. The summed E-state index contributed by atoms with van der Waals surface area (Å²) in [6.07, 6.45) is 2.50. The van der Waals surface area contributed by atoms with Crippen LogP contribution in [0.3, 0.4) is 0 Å². The fourth-order valence-corrected chi connectivity index (χ4v) is 2.32. The number of carbonyl (C=O) groups excluding carboxylic acids is 1. The van der Waals surface area contributed by atoms with E-state index in [-0.39, 0.29) is 23.9 Å². The van der Waals surface area contributed by atoms with Crippen LogP contribution in [0.2, 0.25) is 0 Å². The molecular formula is C13H19N5O3. The number of carbonyl (C=O) groups is 2. The molecule has 0 atom stereocenters. The van der Waals surface area contributed by atoms with Crippen molar-refractivity contribution in [2.24, 2.45) is 5.92 Å². The number of aliphatic carboxylic acids is 1. The smallest absolute Gasteiger partial charge is 0.321 e. The Balaban J connectivity index is 1.82. The number of anilines is 1. The van der Waals surface area contributed by atoms with Crippen molar-refractivity contribution < 1.29 is 14.7 Å². The lowest BCUT2D eigenvalue weighted by atomic mass is 9.86. The van der Waals surface area contributed by atoms with Crippen LogP contribution in [0.25, 0.3) is 0 Å².